The number of fused-ring (bicyclic) bond motifs is 1. The van der Waals surface area contributed by atoms with E-state index in [-0.39, 0.29) is 11.8 Å². The van der Waals surface area contributed by atoms with Crippen LogP contribution in [-0.2, 0) is 9.53 Å². The van der Waals surface area contributed by atoms with Crippen molar-refractivity contribution in [3.05, 3.63) is 0 Å². The molecule has 1 heterocycles. The number of cyclic esters (lactones) is 1. The lowest BCUT2D eigenvalue weighted by Crippen LogP contribution is -2.45. The summed E-state index contributed by atoms with van der Waals surface area (Å²) in [5.41, 5.74) is -0.363. The number of carbonyl (C=O) groups is 1. The third-order valence-electron chi connectivity index (χ3n) is 3.64. The minimum Gasteiger partial charge on any atom is -0.465 e. The fourth-order valence-electron chi connectivity index (χ4n) is 2.57. The van der Waals surface area contributed by atoms with Crippen molar-refractivity contribution in [3.8, 4) is 0 Å². The van der Waals surface area contributed by atoms with Gasteiger partial charge >= 0.3 is 5.97 Å². The van der Waals surface area contributed by atoms with Crippen molar-refractivity contribution in [1.29, 1.82) is 0 Å². The van der Waals surface area contributed by atoms with Gasteiger partial charge in [-0.1, -0.05) is 13.8 Å². The summed E-state index contributed by atoms with van der Waals surface area (Å²) < 4.78 is 31.6. The van der Waals surface area contributed by atoms with Crippen molar-refractivity contribution >= 4 is 5.97 Å². The van der Waals surface area contributed by atoms with Gasteiger partial charge in [-0.3, -0.25) is 4.79 Å². The third-order valence-corrected chi connectivity index (χ3v) is 3.64. The molecule has 2 nitrogen and oxygen atoms in total. The van der Waals surface area contributed by atoms with Crippen molar-refractivity contribution in [2.75, 3.05) is 6.61 Å². The minimum atomic E-state index is -2.71. The Morgan fingerprint density at radius 2 is 2.07 bits per heavy atom. The second kappa shape index (κ2) is 2.67. The van der Waals surface area contributed by atoms with Crippen LogP contribution >= 0.6 is 0 Å². The van der Waals surface area contributed by atoms with Gasteiger partial charge < -0.3 is 4.74 Å². The SMILES string of the molecule is CC1CC2(C)COC(=O)C2CC1(F)F. The molecular formula is C10H14F2O2. The zero-order valence-corrected chi connectivity index (χ0v) is 8.35. The van der Waals surface area contributed by atoms with Gasteiger partial charge in [0.15, 0.2) is 0 Å². The molecule has 3 atom stereocenters. The van der Waals surface area contributed by atoms with Crippen LogP contribution in [0.25, 0.3) is 0 Å². The van der Waals surface area contributed by atoms with E-state index in [9.17, 15) is 13.6 Å². The third kappa shape index (κ3) is 1.23. The molecule has 1 aliphatic carbocycles. The van der Waals surface area contributed by atoms with Crippen LogP contribution in [0.3, 0.4) is 0 Å². The molecule has 0 aromatic carbocycles. The molecule has 2 fully saturated rings. The molecule has 0 radical (unpaired) electrons. The van der Waals surface area contributed by atoms with Gasteiger partial charge in [-0.15, -0.1) is 0 Å². The van der Waals surface area contributed by atoms with E-state index in [2.05, 4.69) is 0 Å². The Morgan fingerprint density at radius 3 is 2.71 bits per heavy atom. The molecule has 80 valence electrons. The topological polar surface area (TPSA) is 26.3 Å². The molecule has 0 spiro atoms. The van der Waals surface area contributed by atoms with Crippen molar-refractivity contribution in [2.45, 2.75) is 32.6 Å². The minimum absolute atomic E-state index is 0.302. The Kier molecular flexibility index (Phi) is 1.88. The lowest BCUT2D eigenvalue weighted by Gasteiger charge is -2.40. The molecule has 0 amide bonds. The molecule has 0 N–H and O–H groups in total. The van der Waals surface area contributed by atoms with E-state index in [1.54, 1.807) is 6.92 Å². The predicted octanol–water partition coefficient (Wildman–Crippen LogP) is 2.23. The standard InChI is InChI=1S/C10H14F2O2/c1-6-3-9(2)5-14-8(13)7(9)4-10(6,11)12/h6-7H,3-5H2,1-2H3. The highest BCUT2D eigenvalue weighted by molar-refractivity contribution is 5.76. The van der Waals surface area contributed by atoms with Crippen molar-refractivity contribution in [3.63, 3.8) is 0 Å². The lowest BCUT2D eigenvalue weighted by atomic mass is 9.64. The lowest BCUT2D eigenvalue weighted by molar-refractivity contribution is -0.152. The normalized spacial score (nSPS) is 45.9. The number of esters is 1. The van der Waals surface area contributed by atoms with Crippen LogP contribution in [0.5, 0.6) is 0 Å². The summed E-state index contributed by atoms with van der Waals surface area (Å²) in [4.78, 5) is 11.3. The highest BCUT2D eigenvalue weighted by Gasteiger charge is 2.58. The van der Waals surface area contributed by atoms with Gasteiger partial charge in [-0.25, -0.2) is 8.78 Å². The van der Waals surface area contributed by atoms with Crippen molar-refractivity contribution in [1.82, 2.24) is 0 Å². The van der Waals surface area contributed by atoms with E-state index in [4.69, 9.17) is 4.74 Å². The summed E-state index contributed by atoms with van der Waals surface area (Å²) in [5.74, 6) is -4.42. The molecular weight excluding hydrogens is 190 g/mol. The quantitative estimate of drug-likeness (QED) is 0.565. The van der Waals surface area contributed by atoms with Crippen molar-refractivity contribution in [2.24, 2.45) is 17.3 Å². The first-order valence-corrected chi connectivity index (χ1v) is 4.90. The molecule has 0 aromatic rings. The molecule has 0 aromatic heterocycles. The first-order valence-electron chi connectivity index (χ1n) is 4.90. The number of rotatable bonds is 0. The average Bonchev–Trinajstić information content (AvgIpc) is 2.32. The predicted molar refractivity (Wildman–Crippen MR) is 45.9 cm³/mol. The van der Waals surface area contributed by atoms with Gasteiger partial charge in [0.2, 0.25) is 0 Å². The zero-order valence-electron chi connectivity index (χ0n) is 8.35. The van der Waals surface area contributed by atoms with Gasteiger partial charge in [0.05, 0.1) is 12.5 Å². The summed E-state index contributed by atoms with van der Waals surface area (Å²) in [7, 11) is 0. The fraction of sp³-hybridized carbons (Fsp3) is 0.900. The maximum absolute atomic E-state index is 13.4. The Balaban J connectivity index is 2.27. The first kappa shape index (κ1) is 9.87. The van der Waals surface area contributed by atoms with E-state index >= 15 is 0 Å². The Labute approximate surface area is 81.6 Å². The van der Waals surface area contributed by atoms with Crippen LogP contribution in [0.4, 0.5) is 8.78 Å². The maximum atomic E-state index is 13.4. The summed E-state index contributed by atoms with van der Waals surface area (Å²) in [6, 6.07) is 0. The van der Waals surface area contributed by atoms with Crippen LogP contribution < -0.4 is 0 Å². The van der Waals surface area contributed by atoms with E-state index in [1.807, 2.05) is 6.92 Å². The highest BCUT2D eigenvalue weighted by Crippen LogP contribution is 2.53. The molecule has 2 rings (SSSR count). The van der Waals surface area contributed by atoms with Crippen LogP contribution in [0.15, 0.2) is 0 Å². The van der Waals surface area contributed by atoms with Gasteiger partial charge in [0, 0.05) is 17.8 Å². The average molecular weight is 204 g/mol. The van der Waals surface area contributed by atoms with Crippen LogP contribution in [0.1, 0.15) is 26.7 Å². The number of hydrogen-bond acceptors (Lipinski definition) is 2. The molecule has 0 bridgehead atoms. The van der Waals surface area contributed by atoms with Gasteiger partial charge in [-0.2, -0.15) is 0 Å². The van der Waals surface area contributed by atoms with Gasteiger partial charge in [-0.05, 0) is 6.42 Å². The molecule has 1 saturated carbocycles. The number of alkyl halides is 2. The fourth-order valence-corrected chi connectivity index (χ4v) is 2.57. The van der Waals surface area contributed by atoms with Gasteiger partial charge in [0.1, 0.15) is 0 Å². The summed E-state index contributed by atoms with van der Waals surface area (Å²) in [5, 5.41) is 0. The van der Waals surface area contributed by atoms with E-state index in [0.717, 1.165) is 0 Å². The number of hydrogen-bond donors (Lipinski definition) is 0. The van der Waals surface area contributed by atoms with E-state index in [1.165, 1.54) is 0 Å². The Morgan fingerprint density at radius 1 is 1.43 bits per heavy atom. The van der Waals surface area contributed by atoms with Crippen LogP contribution in [0, 0.1) is 17.3 Å². The smallest absolute Gasteiger partial charge is 0.309 e. The van der Waals surface area contributed by atoms with Crippen molar-refractivity contribution < 1.29 is 18.3 Å². The van der Waals surface area contributed by atoms with Crippen LogP contribution in [-0.4, -0.2) is 18.5 Å². The largest absolute Gasteiger partial charge is 0.465 e. The molecule has 3 unspecified atom stereocenters. The Bertz CT molecular complexity index is 277. The number of ether oxygens (including phenoxy) is 1. The van der Waals surface area contributed by atoms with Gasteiger partial charge in [0.25, 0.3) is 5.92 Å². The molecule has 1 saturated heterocycles. The number of carbonyl (C=O) groups excluding carboxylic acids is 1. The second-order valence-electron chi connectivity index (χ2n) is 4.88. The zero-order chi connectivity index (χ0) is 10.6. The highest BCUT2D eigenvalue weighted by atomic mass is 19.3. The Hall–Kier alpha value is -0.670. The summed E-state index contributed by atoms with van der Waals surface area (Å²) in [6.45, 7) is 3.72. The van der Waals surface area contributed by atoms with E-state index in [0.29, 0.717) is 13.0 Å². The number of halogens is 2. The van der Waals surface area contributed by atoms with E-state index < -0.39 is 23.7 Å². The second-order valence-corrected chi connectivity index (χ2v) is 4.88. The first-order chi connectivity index (χ1) is 6.35. The molecule has 14 heavy (non-hydrogen) atoms. The summed E-state index contributed by atoms with van der Waals surface area (Å²) >= 11 is 0. The van der Waals surface area contributed by atoms with Crippen LogP contribution in [0.2, 0.25) is 0 Å². The summed E-state index contributed by atoms with van der Waals surface area (Å²) in [6.07, 6.45) is 0.0277. The monoisotopic (exact) mass is 204 g/mol. The maximum Gasteiger partial charge on any atom is 0.309 e. The molecule has 2 aliphatic rings. The molecule has 1 aliphatic heterocycles. The molecule has 4 heteroatoms.